The van der Waals surface area contributed by atoms with Crippen LogP contribution in [0.5, 0.6) is 0 Å². The second-order valence-corrected chi connectivity index (χ2v) is 5.34. The van der Waals surface area contributed by atoms with Crippen LogP contribution >= 0.6 is 0 Å². The molecule has 0 atom stereocenters. The standard InChI is InChI=1S/C13H24N2/c1-13(8-4-2-5-9-13)12-14-10-6-3-7-11-15-12/h2-11H2,1H3,(H,14,15). The van der Waals surface area contributed by atoms with E-state index in [2.05, 4.69) is 12.2 Å². The summed E-state index contributed by atoms with van der Waals surface area (Å²) < 4.78 is 0. The molecule has 1 fully saturated rings. The normalized spacial score (nSPS) is 27.1. The summed E-state index contributed by atoms with van der Waals surface area (Å²) in [6.45, 7) is 4.58. The second-order valence-electron chi connectivity index (χ2n) is 5.34. The zero-order valence-corrected chi connectivity index (χ0v) is 10.0. The Hall–Kier alpha value is -0.530. The smallest absolute Gasteiger partial charge is 0.102 e. The number of aliphatic imine (C=N–C) groups is 1. The summed E-state index contributed by atoms with van der Waals surface area (Å²) in [5.41, 5.74) is 0.371. The summed E-state index contributed by atoms with van der Waals surface area (Å²) >= 11 is 0. The molecule has 2 rings (SSSR count). The van der Waals surface area contributed by atoms with Crippen LogP contribution in [0.1, 0.15) is 58.3 Å². The van der Waals surface area contributed by atoms with Crippen LogP contribution in [0.25, 0.3) is 0 Å². The van der Waals surface area contributed by atoms with Crippen LogP contribution in [0.2, 0.25) is 0 Å². The van der Waals surface area contributed by atoms with Gasteiger partial charge in [-0.2, -0.15) is 0 Å². The van der Waals surface area contributed by atoms with E-state index in [1.165, 1.54) is 57.2 Å². The highest BCUT2D eigenvalue weighted by molar-refractivity contribution is 5.88. The molecule has 0 aromatic rings. The zero-order valence-electron chi connectivity index (χ0n) is 10.0. The van der Waals surface area contributed by atoms with Gasteiger partial charge in [-0.3, -0.25) is 4.99 Å². The van der Waals surface area contributed by atoms with Crippen LogP contribution in [0.3, 0.4) is 0 Å². The largest absolute Gasteiger partial charge is 0.373 e. The molecule has 1 aliphatic heterocycles. The molecule has 2 aliphatic rings. The number of hydrogen-bond acceptors (Lipinski definition) is 2. The number of rotatable bonds is 1. The minimum absolute atomic E-state index is 0.371. The first-order valence-electron chi connectivity index (χ1n) is 6.60. The van der Waals surface area contributed by atoms with Crippen molar-refractivity contribution < 1.29 is 0 Å². The highest BCUT2D eigenvalue weighted by Crippen LogP contribution is 2.36. The van der Waals surface area contributed by atoms with Gasteiger partial charge >= 0.3 is 0 Å². The maximum atomic E-state index is 4.78. The van der Waals surface area contributed by atoms with E-state index < -0.39 is 0 Å². The third-order valence-corrected chi connectivity index (χ3v) is 3.93. The molecule has 1 aliphatic carbocycles. The molecule has 0 unspecified atom stereocenters. The van der Waals surface area contributed by atoms with E-state index >= 15 is 0 Å². The molecule has 0 spiro atoms. The van der Waals surface area contributed by atoms with Gasteiger partial charge in [-0.05, 0) is 32.1 Å². The third kappa shape index (κ3) is 2.73. The molecule has 1 saturated carbocycles. The van der Waals surface area contributed by atoms with Crippen molar-refractivity contribution in [3.63, 3.8) is 0 Å². The van der Waals surface area contributed by atoms with Crippen LogP contribution < -0.4 is 5.32 Å². The molecule has 86 valence electrons. The van der Waals surface area contributed by atoms with Crippen molar-refractivity contribution in [3.05, 3.63) is 0 Å². The van der Waals surface area contributed by atoms with E-state index in [4.69, 9.17) is 4.99 Å². The predicted molar refractivity (Wildman–Crippen MR) is 65.3 cm³/mol. The van der Waals surface area contributed by atoms with E-state index in [0.29, 0.717) is 5.41 Å². The van der Waals surface area contributed by atoms with Crippen LogP contribution in [0, 0.1) is 5.41 Å². The second kappa shape index (κ2) is 5.00. The zero-order chi connectivity index (χ0) is 10.6. The van der Waals surface area contributed by atoms with Crippen molar-refractivity contribution in [1.82, 2.24) is 5.32 Å². The van der Waals surface area contributed by atoms with Gasteiger partial charge in [-0.25, -0.2) is 0 Å². The summed E-state index contributed by atoms with van der Waals surface area (Å²) in [6.07, 6.45) is 10.8. The number of nitrogens with one attached hydrogen (secondary N) is 1. The average Bonchev–Trinajstić information content (AvgIpc) is 2.17. The molecule has 2 heteroatoms. The Bertz CT molecular complexity index is 227. The van der Waals surface area contributed by atoms with Gasteiger partial charge in [0.15, 0.2) is 0 Å². The fraction of sp³-hybridized carbons (Fsp3) is 0.923. The van der Waals surface area contributed by atoms with Crippen LogP contribution in [-0.4, -0.2) is 18.9 Å². The third-order valence-electron chi connectivity index (χ3n) is 3.93. The lowest BCUT2D eigenvalue weighted by Gasteiger charge is -2.35. The van der Waals surface area contributed by atoms with Gasteiger partial charge in [-0.1, -0.05) is 26.2 Å². The number of hydrogen-bond donors (Lipinski definition) is 1. The van der Waals surface area contributed by atoms with E-state index in [9.17, 15) is 0 Å². The topological polar surface area (TPSA) is 24.4 Å². The molecule has 0 bridgehead atoms. The van der Waals surface area contributed by atoms with Gasteiger partial charge in [0.2, 0.25) is 0 Å². The monoisotopic (exact) mass is 208 g/mol. The van der Waals surface area contributed by atoms with Crippen LogP contribution in [-0.2, 0) is 0 Å². The Morgan fingerprint density at radius 2 is 1.73 bits per heavy atom. The summed E-state index contributed by atoms with van der Waals surface area (Å²) in [4.78, 5) is 4.78. The minimum atomic E-state index is 0.371. The molecule has 1 heterocycles. The van der Waals surface area contributed by atoms with E-state index in [1.807, 2.05) is 0 Å². The summed E-state index contributed by atoms with van der Waals surface area (Å²) in [5.74, 6) is 1.32. The Balaban J connectivity index is 2.04. The highest BCUT2D eigenvalue weighted by atomic mass is 15.0. The molecule has 0 aromatic carbocycles. The van der Waals surface area contributed by atoms with Gasteiger partial charge in [-0.15, -0.1) is 0 Å². The molecule has 2 nitrogen and oxygen atoms in total. The fourth-order valence-electron chi connectivity index (χ4n) is 2.84. The lowest BCUT2D eigenvalue weighted by molar-refractivity contribution is 0.302. The molecule has 0 saturated heterocycles. The SMILES string of the molecule is CC1(C2=NCCCCCN2)CCCCC1. The maximum Gasteiger partial charge on any atom is 0.102 e. The van der Waals surface area contributed by atoms with Crippen molar-refractivity contribution >= 4 is 5.84 Å². The number of nitrogens with zero attached hydrogens (tertiary/aromatic N) is 1. The van der Waals surface area contributed by atoms with Crippen molar-refractivity contribution in [3.8, 4) is 0 Å². The minimum Gasteiger partial charge on any atom is -0.373 e. The van der Waals surface area contributed by atoms with E-state index in [1.54, 1.807) is 0 Å². The Morgan fingerprint density at radius 3 is 2.53 bits per heavy atom. The van der Waals surface area contributed by atoms with E-state index in [0.717, 1.165) is 13.1 Å². The first kappa shape index (κ1) is 11.0. The maximum absolute atomic E-state index is 4.78. The first-order chi connectivity index (χ1) is 7.31. The van der Waals surface area contributed by atoms with Crippen LogP contribution in [0.4, 0.5) is 0 Å². The summed E-state index contributed by atoms with van der Waals surface area (Å²) in [6, 6.07) is 0. The van der Waals surface area contributed by atoms with Gasteiger partial charge < -0.3 is 5.32 Å². The lowest BCUT2D eigenvalue weighted by Crippen LogP contribution is -2.41. The van der Waals surface area contributed by atoms with Crippen molar-refractivity contribution in [2.24, 2.45) is 10.4 Å². The fourth-order valence-corrected chi connectivity index (χ4v) is 2.84. The summed E-state index contributed by atoms with van der Waals surface area (Å²) in [7, 11) is 0. The van der Waals surface area contributed by atoms with Gasteiger partial charge in [0.25, 0.3) is 0 Å². The highest BCUT2D eigenvalue weighted by Gasteiger charge is 2.32. The molecule has 0 radical (unpaired) electrons. The Morgan fingerprint density at radius 1 is 1.00 bits per heavy atom. The lowest BCUT2D eigenvalue weighted by atomic mass is 9.74. The number of amidine groups is 1. The molecule has 1 N–H and O–H groups in total. The van der Waals surface area contributed by atoms with Crippen molar-refractivity contribution in [1.29, 1.82) is 0 Å². The molecule has 15 heavy (non-hydrogen) atoms. The van der Waals surface area contributed by atoms with Gasteiger partial charge in [0.05, 0.1) is 0 Å². The van der Waals surface area contributed by atoms with Gasteiger partial charge in [0.1, 0.15) is 5.84 Å². The molecular formula is C13H24N2. The summed E-state index contributed by atoms with van der Waals surface area (Å²) in [5, 5.41) is 3.58. The molecule has 0 aromatic heterocycles. The quantitative estimate of drug-likeness (QED) is 0.703. The average molecular weight is 208 g/mol. The first-order valence-corrected chi connectivity index (χ1v) is 6.60. The van der Waals surface area contributed by atoms with Crippen LogP contribution in [0.15, 0.2) is 4.99 Å². The van der Waals surface area contributed by atoms with Crippen molar-refractivity contribution in [2.45, 2.75) is 58.3 Å². The Labute approximate surface area is 93.6 Å². The van der Waals surface area contributed by atoms with Crippen molar-refractivity contribution in [2.75, 3.05) is 13.1 Å². The molecule has 0 amide bonds. The van der Waals surface area contributed by atoms with Gasteiger partial charge in [0, 0.05) is 18.5 Å². The predicted octanol–water partition coefficient (Wildman–Crippen LogP) is 3.13. The van der Waals surface area contributed by atoms with E-state index in [-0.39, 0.29) is 0 Å². The molecular weight excluding hydrogens is 184 g/mol. The Kier molecular flexibility index (Phi) is 3.66.